The number of nitrogens with one attached hydrogen (secondary N) is 1. The van der Waals surface area contributed by atoms with E-state index in [1.165, 1.54) is 12.6 Å². The van der Waals surface area contributed by atoms with Gasteiger partial charge in [0.2, 0.25) is 0 Å². The maximum atomic E-state index is 12.1. The highest BCUT2D eigenvalue weighted by atomic mass is 35.5. The van der Waals surface area contributed by atoms with E-state index in [2.05, 4.69) is 24.1 Å². The van der Waals surface area contributed by atoms with Crippen LogP contribution in [0.3, 0.4) is 0 Å². The van der Waals surface area contributed by atoms with Gasteiger partial charge in [0, 0.05) is 12.2 Å². The molecule has 1 aliphatic rings. The summed E-state index contributed by atoms with van der Waals surface area (Å²) in [7, 11) is 0. The summed E-state index contributed by atoms with van der Waals surface area (Å²) in [5.74, 6) is -0.131. The van der Waals surface area contributed by atoms with Crippen molar-refractivity contribution < 1.29 is 4.79 Å². The van der Waals surface area contributed by atoms with Gasteiger partial charge in [0.15, 0.2) is 0 Å². The highest BCUT2D eigenvalue weighted by molar-refractivity contribution is 6.41. The van der Waals surface area contributed by atoms with Crippen molar-refractivity contribution in [3.8, 4) is 0 Å². The third-order valence-electron chi connectivity index (χ3n) is 3.60. The van der Waals surface area contributed by atoms with Crippen LogP contribution in [0.4, 0.5) is 0 Å². The summed E-state index contributed by atoms with van der Waals surface area (Å²) < 4.78 is 0. The number of hydrogen-bond acceptors (Lipinski definition) is 2. The van der Waals surface area contributed by atoms with Gasteiger partial charge in [-0.15, -0.1) is 0 Å². The molecule has 0 radical (unpaired) electrons. The molecule has 0 aromatic carbocycles. The minimum atomic E-state index is -0.131. The molecule has 0 aliphatic heterocycles. The predicted molar refractivity (Wildman–Crippen MR) is 77.8 cm³/mol. The Balaban J connectivity index is 2.02. The zero-order valence-electron chi connectivity index (χ0n) is 11.2. The van der Waals surface area contributed by atoms with Gasteiger partial charge >= 0.3 is 0 Å². The van der Waals surface area contributed by atoms with Gasteiger partial charge in [0.05, 0.1) is 10.6 Å². The molecular weight excluding hydrogens is 283 g/mol. The first-order valence-corrected chi connectivity index (χ1v) is 7.25. The highest BCUT2D eigenvalue weighted by Crippen LogP contribution is 2.35. The van der Waals surface area contributed by atoms with Crippen LogP contribution < -0.4 is 5.32 Å². The molecule has 5 heteroatoms. The number of pyridine rings is 1. The fourth-order valence-electron chi connectivity index (χ4n) is 2.64. The number of nitrogens with zero attached hydrogens (tertiary/aromatic N) is 1. The van der Waals surface area contributed by atoms with Crippen LogP contribution in [0.15, 0.2) is 12.3 Å². The lowest BCUT2D eigenvalue weighted by molar-refractivity contribution is 0.0902. The van der Waals surface area contributed by atoms with Crippen LogP contribution in [0.1, 0.15) is 49.9 Å². The Hall–Kier alpha value is -0.800. The van der Waals surface area contributed by atoms with Crippen LogP contribution in [0.5, 0.6) is 0 Å². The second-order valence-electron chi connectivity index (χ2n) is 5.93. The molecule has 0 spiro atoms. The third-order valence-corrected chi connectivity index (χ3v) is 4.28. The summed E-state index contributed by atoms with van der Waals surface area (Å²) in [6.45, 7) is 4.48. The zero-order valence-corrected chi connectivity index (χ0v) is 12.7. The average molecular weight is 301 g/mol. The molecule has 19 heavy (non-hydrogen) atoms. The number of hydrogen-bond donors (Lipinski definition) is 1. The molecule has 2 rings (SSSR count). The van der Waals surface area contributed by atoms with Crippen LogP contribution in [0.2, 0.25) is 10.2 Å². The standard InChI is InChI=1S/C14H18Cl2N2O/c1-14(2)5-3-4-10(7-14)18-13(19)9-6-11(15)12(16)17-8-9/h6,8,10H,3-5,7H2,1-2H3,(H,18,19). The van der Waals surface area contributed by atoms with E-state index >= 15 is 0 Å². The number of amides is 1. The number of aromatic nitrogens is 1. The van der Waals surface area contributed by atoms with Crippen LogP contribution in [0.25, 0.3) is 0 Å². The fourth-order valence-corrected chi connectivity index (χ4v) is 2.91. The summed E-state index contributed by atoms with van der Waals surface area (Å²) in [5, 5.41) is 3.58. The molecule has 1 amide bonds. The van der Waals surface area contributed by atoms with Crippen molar-refractivity contribution in [3.63, 3.8) is 0 Å². The van der Waals surface area contributed by atoms with Gasteiger partial charge in [0.25, 0.3) is 5.91 Å². The first-order valence-electron chi connectivity index (χ1n) is 6.49. The van der Waals surface area contributed by atoms with Crippen molar-refractivity contribution in [2.24, 2.45) is 5.41 Å². The molecule has 1 atom stereocenters. The third kappa shape index (κ3) is 3.83. The van der Waals surface area contributed by atoms with Crippen molar-refractivity contribution in [1.82, 2.24) is 10.3 Å². The van der Waals surface area contributed by atoms with Crippen molar-refractivity contribution in [3.05, 3.63) is 28.0 Å². The smallest absolute Gasteiger partial charge is 0.253 e. The molecule has 104 valence electrons. The predicted octanol–water partition coefficient (Wildman–Crippen LogP) is 4.09. The monoisotopic (exact) mass is 300 g/mol. The molecule has 1 aromatic rings. The van der Waals surface area contributed by atoms with Crippen LogP contribution in [0, 0.1) is 5.41 Å². The molecule has 1 aliphatic carbocycles. The van der Waals surface area contributed by atoms with E-state index in [-0.39, 0.29) is 17.1 Å². The second kappa shape index (κ2) is 5.68. The quantitative estimate of drug-likeness (QED) is 0.836. The molecule has 1 saturated carbocycles. The van der Waals surface area contributed by atoms with Crippen molar-refractivity contribution in [1.29, 1.82) is 0 Å². The highest BCUT2D eigenvalue weighted by Gasteiger charge is 2.29. The zero-order chi connectivity index (χ0) is 14.0. The lowest BCUT2D eigenvalue weighted by atomic mass is 9.75. The molecular formula is C14H18Cl2N2O. The Morgan fingerprint density at radius 2 is 2.21 bits per heavy atom. The van der Waals surface area contributed by atoms with Crippen LogP contribution in [-0.2, 0) is 0 Å². The van der Waals surface area contributed by atoms with E-state index in [0.717, 1.165) is 19.3 Å². The average Bonchev–Trinajstić information content (AvgIpc) is 2.31. The number of rotatable bonds is 2. The molecule has 1 aromatic heterocycles. The second-order valence-corrected chi connectivity index (χ2v) is 6.69. The topological polar surface area (TPSA) is 42.0 Å². The first kappa shape index (κ1) is 14.6. The van der Waals surface area contributed by atoms with E-state index in [0.29, 0.717) is 16.0 Å². The molecule has 1 N–H and O–H groups in total. The maximum absolute atomic E-state index is 12.1. The van der Waals surface area contributed by atoms with E-state index in [4.69, 9.17) is 23.2 Å². The Bertz CT molecular complexity index is 488. The summed E-state index contributed by atoms with van der Waals surface area (Å²) in [5.41, 5.74) is 0.754. The van der Waals surface area contributed by atoms with E-state index in [1.54, 1.807) is 6.07 Å². The fraction of sp³-hybridized carbons (Fsp3) is 0.571. The Morgan fingerprint density at radius 1 is 1.47 bits per heavy atom. The van der Waals surface area contributed by atoms with E-state index in [1.807, 2.05) is 0 Å². The molecule has 0 saturated heterocycles. The normalized spacial score (nSPS) is 22.0. The first-order chi connectivity index (χ1) is 8.87. The SMILES string of the molecule is CC1(C)CCCC(NC(=O)c2cnc(Cl)c(Cl)c2)C1. The molecule has 0 bridgehead atoms. The van der Waals surface area contributed by atoms with Gasteiger partial charge in [-0.2, -0.15) is 0 Å². The molecule has 1 unspecified atom stereocenters. The van der Waals surface area contributed by atoms with Gasteiger partial charge in [-0.05, 0) is 30.7 Å². The molecule has 1 fully saturated rings. The summed E-state index contributed by atoms with van der Waals surface area (Å²) in [6, 6.07) is 1.78. The Labute approximate surface area is 123 Å². The largest absolute Gasteiger partial charge is 0.349 e. The maximum Gasteiger partial charge on any atom is 0.253 e. The van der Waals surface area contributed by atoms with Crippen molar-refractivity contribution in [2.45, 2.75) is 45.6 Å². The van der Waals surface area contributed by atoms with Gasteiger partial charge < -0.3 is 5.32 Å². The summed E-state index contributed by atoms with van der Waals surface area (Å²) >= 11 is 11.6. The van der Waals surface area contributed by atoms with E-state index in [9.17, 15) is 4.79 Å². The van der Waals surface area contributed by atoms with E-state index < -0.39 is 0 Å². The van der Waals surface area contributed by atoms with Gasteiger partial charge in [-0.25, -0.2) is 4.98 Å². The number of carbonyl (C=O) groups is 1. The van der Waals surface area contributed by atoms with Gasteiger partial charge in [-0.1, -0.05) is 43.5 Å². The minimum absolute atomic E-state index is 0.131. The van der Waals surface area contributed by atoms with Crippen LogP contribution >= 0.6 is 23.2 Å². The lowest BCUT2D eigenvalue weighted by Crippen LogP contribution is -2.40. The molecule has 3 nitrogen and oxygen atoms in total. The minimum Gasteiger partial charge on any atom is -0.349 e. The summed E-state index contributed by atoms with van der Waals surface area (Å²) in [6.07, 6.45) is 5.86. The van der Waals surface area contributed by atoms with Gasteiger partial charge in [-0.3, -0.25) is 4.79 Å². The molecule has 1 heterocycles. The number of carbonyl (C=O) groups excluding carboxylic acids is 1. The number of halogens is 2. The Morgan fingerprint density at radius 3 is 2.84 bits per heavy atom. The Kier molecular flexibility index (Phi) is 4.36. The van der Waals surface area contributed by atoms with Gasteiger partial charge in [0.1, 0.15) is 5.15 Å². The van der Waals surface area contributed by atoms with Crippen molar-refractivity contribution in [2.75, 3.05) is 0 Å². The summed E-state index contributed by atoms with van der Waals surface area (Å²) in [4.78, 5) is 16.0. The van der Waals surface area contributed by atoms with Crippen LogP contribution in [-0.4, -0.2) is 16.9 Å². The lowest BCUT2D eigenvalue weighted by Gasteiger charge is -2.35. The van der Waals surface area contributed by atoms with Crippen molar-refractivity contribution >= 4 is 29.1 Å².